The quantitative estimate of drug-likeness (QED) is 0.816. The van der Waals surface area contributed by atoms with Crippen molar-refractivity contribution in [2.24, 2.45) is 5.92 Å². The van der Waals surface area contributed by atoms with Crippen LogP contribution in [-0.2, 0) is 9.53 Å². The molecular weight excluding hydrogens is 268 g/mol. The summed E-state index contributed by atoms with van der Waals surface area (Å²) < 4.78 is 4.95. The van der Waals surface area contributed by atoms with Gasteiger partial charge in [0.25, 0.3) is 0 Å². The number of nitrogens with one attached hydrogen (secondary N) is 2. The van der Waals surface area contributed by atoms with Gasteiger partial charge in [-0.05, 0) is 57.0 Å². The van der Waals surface area contributed by atoms with Crippen molar-refractivity contribution in [3.8, 4) is 0 Å². The number of piperidine rings is 1. The molecule has 2 rings (SSSR count). The first-order valence-electron chi connectivity index (χ1n) is 7.46. The first-order chi connectivity index (χ1) is 10.2. The standard InChI is InChI=1S/C16H22N2O3/c1-2-21-16(20)13-6-3-7-14(10-13)18-15(19)9-12-5-4-8-17-11-12/h3,6-7,10,12,17H,2,4-5,8-9,11H2,1H3,(H,18,19). The van der Waals surface area contributed by atoms with Crippen molar-refractivity contribution in [3.05, 3.63) is 29.8 Å². The van der Waals surface area contributed by atoms with Crippen molar-refractivity contribution in [3.63, 3.8) is 0 Å². The van der Waals surface area contributed by atoms with Crippen LogP contribution in [0.4, 0.5) is 5.69 Å². The second-order valence-electron chi connectivity index (χ2n) is 5.27. The molecule has 0 saturated carbocycles. The molecule has 1 unspecified atom stereocenters. The summed E-state index contributed by atoms with van der Waals surface area (Å²) in [6.07, 6.45) is 2.72. The fraction of sp³-hybridized carbons (Fsp3) is 0.500. The minimum Gasteiger partial charge on any atom is -0.462 e. The molecule has 1 aromatic carbocycles. The molecule has 1 atom stereocenters. The molecule has 0 bridgehead atoms. The monoisotopic (exact) mass is 290 g/mol. The Kier molecular flexibility index (Phi) is 5.75. The van der Waals surface area contributed by atoms with Gasteiger partial charge in [-0.1, -0.05) is 6.07 Å². The lowest BCUT2D eigenvalue weighted by Crippen LogP contribution is -2.32. The second-order valence-corrected chi connectivity index (χ2v) is 5.27. The van der Waals surface area contributed by atoms with E-state index in [1.165, 1.54) is 0 Å². The number of benzene rings is 1. The van der Waals surface area contributed by atoms with E-state index in [-0.39, 0.29) is 11.9 Å². The third-order valence-corrected chi connectivity index (χ3v) is 3.53. The Balaban J connectivity index is 1.91. The number of carbonyl (C=O) groups is 2. The van der Waals surface area contributed by atoms with Gasteiger partial charge in [-0.15, -0.1) is 0 Å². The molecule has 0 spiro atoms. The molecule has 0 aromatic heterocycles. The number of rotatable bonds is 5. The summed E-state index contributed by atoms with van der Waals surface area (Å²) in [6.45, 7) is 4.04. The minimum absolute atomic E-state index is 0.00953. The molecule has 1 saturated heterocycles. The van der Waals surface area contributed by atoms with Crippen LogP contribution in [0.3, 0.4) is 0 Å². The summed E-state index contributed by atoms with van der Waals surface area (Å²) in [4.78, 5) is 23.7. The van der Waals surface area contributed by atoms with Crippen molar-refractivity contribution in [1.82, 2.24) is 5.32 Å². The van der Waals surface area contributed by atoms with Gasteiger partial charge in [0.05, 0.1) is 12.2 Å². The summed E-state index contributed by atoms with van der Waals surface area (Å²) in [7, 11) is 0. The lowest BCUT2D eigenvalue weighted by molar-refractivity contribution is -0.117. The molecule has 1 fully saturated rings. The highest BCUT2D eigenvalue weighted by atomic mass is 16.5. The fourth-order valence-electron chi connectivity index (χ4n) is 2.51. The maximum atomic E-state index is 12.0. The third-order valence-electron chi connectivity index (χ3n) is 3.53. The molecule has 114 valence electrons. The Morgan fingerprint density at radius 2 is 2.29 bits per heavy atom. The van der Waals surface area contributed by atoms with E-state index in [1.807, 2.05) is 0 Å². The van der Waals surface area contributed by atoms with Crippen LogP contribution in [0.15, 0.2) is 24.3 Å². The molecule has 1 heterocycles. The van der Waals surface area contributed by atoms with Crippen LogP contribution in [0.5, 0.6) is 0 Å². The first kappa shape index (κ1) is 15.5. The number of hydrogen-bond acceptors (Lipinski definition) is 4. The SMILES string of the molecule is CCOC(=O)c1cccc(NC(=O)CC2CCCNC2)c1. The topological polar surface area (TPSA) is 67.4 Å². The third kappa shape index (κ3) is 4.86. The van der Waals surface area contributed by atoms with Gasteiger partial charge in [0.2, 0.25) is 5.91 Å². The molecule has 21 heavy (non-hydrogen) atoms. The Morgan fingerprint density at radius 3 is 3.00 bits per heavy atom. The zero-order chi connectivity index (χ0) is 15.1. The summed E-state index contributed by atoms with van der Waals surface area (Å²) in [5, 5.41) is 6.15. The van der Waals surface area contributed by atoms with E-state index in [9.17, 15) is 9.59 Å². The van der Waals surface area contributed by atoms with E-state index >= 15 is 0 Å². The van der Waals surface area contributed by atoms with Crippen LogP contribution in [0.2, 0.25) is 0 Å². The largest absolute Gasteiger partial charge is 0.462 e. The van der Waals surface area contributed by atoms with Gasteiger partial charge in [-0.2, -0.15) is 0 Å². The molecule has 5 nitrogen and oxygen atoms in total. The minimum atomic E-state index is -0.370. The molecule has 2 N–H and O–H groups in total. The average molecular weight is 290 g/mol. The molecule has 1 amide bonds. The Hall–Kier alpha value is -1.88. The lowest BCUT2D eigenvalue weighted by atomic mass is 9.96. The van der Waals surface area contributed by atoms with Crippen molar-refractivity contribution in [1.29, 1.82) is 0 Å². The summed E-state index contributed by atoms with van der Waals surface area (Å²) in [5.74, 6) is 0.0155. The van der Waals surface area contributed by atoms with Crippen LogP contribution >= 0.6 is 0 Å². The highest BCUT2D eigenvalue weighted by Gasteiger charge is 2.17. The van der Waals surface area contributed by atoms with Gasteiger partial charge < -0.3 is 15.4 Å². The van der Waals surface area contributed by atoms with Crippen molar-refractivity contribution in [2.45, 2.75) is 26.2 Å². The summed E-state index contributed by atoms with van der Waals surface area (Å²) in [6, 6.07) is 6.84. The summed E-state index contributed by atoms with van der Waals surface area (Å²) in [5.41, 5.74) is 1.09. The van der Waals surface area contributed by atoms with Crippen molar-refractivity contribution in [2.75, 3.05) is 25.0 Å². The zero-order valence-corrected chi connectivity index (χ0v) is 12.4. The van der Waals surface area contributed by atoms with E-state index in [1.54, 1.807) is 31.2 Å². The van der Waals surface area contributed by atoms with E-state index < -0.39 is 0 Å². The van der Waals surface area contributed by atoms with Crippen LogP contribution in [0, 0.1) is 5.92 Å². The summed E-state index contributed by atoms with van der Waals surface area (Å²) >= 11 is 0. The average Bonchev–Trinajstić information content (AvgIpc) is 2.48. The molecule has 0 aliphatic carbocycles. The Labute approximate surface area is 125 Å². The molecule has 1 aliphatic rings. The van der Waals surface area contributed by atoms with E-state index in [0.29, 0.717) is 30.2 Å². The van der Waals surface area contributed by atoms with Gasteiger partial charge in [0, 0.05) is 12.1 Å². The molecule has 0 radical (unpaired) electrons. The predicted molar refractivity (Wildman–Crippen MR) is 81.2 cm³/mol. The fourth-order valence-corrected chi connectivity index (χ4v) is 2.51. The van der Waals surface area contributed by atoms with E-state index in [4.69, 9.17) is 4.74 Å². The second kappa shape index (κ2) is 7.78. The van der Waals surface area contributed by atoms with Gasteiger partial charge in [-0.25, -0.2) is 4.79 Å². The van der Waals surface area contributed by atoms with Gasteiger partial charge in [-0.3, -0.25) is 4.79 Å². The van der Waals surface area contributed by atoms with Crippen LogP contribution < -0.4 is 10.6 Å². The number of ether oxygens (including phenoxy) is 1. The van der Waals surface area contributed by atoms with Crippen LogP contribution in [-0.4, -0.2) is 31.6 Å². The Bertz CT molecular complexity index is 496. The van der Waals surface area contributed by atoms with Crippen LogP contribution in [0.25, 0.3) is 0 Å². The Morgan fingerprint density at radius 1 is 1.43 bits per heavy atom. The molecule has 1 aromatic rings. The molecular formula is C16H22N2O3. The normalized spacial score (nSPS) is 18.0. The highest BCUT2D eigenvalue weighted by molar-refractivity contribution is 5.94. The highest BCUT2D eigenvalue weighted by Crippen LogP contribution is 2.16. The van der Waals surface area contributed by atoms with Crippen molar-refractivity contribution < 1.29 is 14.3 Å². The van der Waals surface area contributed by atoms with Gasteiger partial charge in [0.1, 0.15) is 0 Å². The van der Waals surface area contributed by atoms with Crippen molar-refractivity contribution >= 4 is 17.6 Å². The first-order valence-corrected chi connectivity index (χ1v) is 7.46. The predicted octanol–water partition coefficient (Wildman–Crippen LogP) is 2.19. The maximum absolute atomic E-state index is 12.0. The lowest BCUT2D eigenvalue weighted by Gasteiger charge is -2.22. The zero-order valence-electron chi connectivity index (χ0n) is 12.4. The molecule has 1 aliphatic heterocycles. The number of amides is 1. The van der Waals surface area contributed by atoms with Gasteiger partial charge >= 0.3 is 5.97 Å². The number of esters is 1. The van der Waals surface area contributed by atoms with E-state index in [0.717, 1.165) is 25.9 Å². The molecule has 5 heteroatoms. The number of hydrogen-bond donors (Lipinski definition) is 2. The van der Waals surface area contributed by atoms with E-state index in [2.05, 4.69) is 10.6 Å². The number of anilines is 1. The number of carbonyl (C=O) groups excluding carboxylic acids is 2. The smallest absolute Gasteiger partial charge is 0.338 e. The van der Waals surface area contributed by atoms with Gasteiger partial charge in [0.15, 0.2) is 0 Å². The van der Waals surface area contributed by atoms with Crippen LogP contribution in [0.1, 0.15) is 36.5 Å². The maximum Gasteiger partial charge on any atom is 0.338 e.